The van der Waals surface area contributed by atoms with Crippen LogP contribution in [0.4, 0.5) is 0 Å². The molecule has 0 bridgehead atoms. The Balaban J connectivity index is 1.95. The minimum Gasteiger partial charge on any atom is -0.493 e. The van der Waals surface area contributed by atoms with Gasteiger partial charge in [0.15, 0.2) is 0 Å². The molecule has 1 aromatic rings. The fraction of sp³-hybridized carbons (Fsp3) is 0.667. The average Bonchev–Trinajstić information content (AvgIpc) is 2.52. The summed E-state index contributed by atoms with van der Waals surface area (Å²) in [5.74, 6) is 0.841. The zero-order valence-electron chi connectivity index (χ0n) is 13.5. The van der Waals surface area contributed by atoms with E-state index in [9.17, 15) is 5.11 Å². The van der Waals surface area contributed by atoms with Crippen LogP contribution in [0.25, 0.3) is 0 Å². The third kappa shape index (κ3) is 5.01. The Hall–Kier alpha value is -1.06. The predicted molar refractivity (Wildman–Crippen MR) is 86.8 cm³/mol. The number of nitrogens with zero attached hydrogens (tertiary/aromatic N) is 1. The summed E-state index contributed by atoms with van der Waals surface area (Å²) in [7, 11) is 0. The van der Waals surface area contributed by atoms with Crippen LogP contribution in [-0.4, -0.2) is 36.2 Å². The summed E-state index contributed by atoms with van der Waals surface area (Å²) in [6, 6.07) is 6.10. The molecule has 0 radical (unpaired) electrons. The number of hydrogen-bond acceptors (Lipinski definition) is 3. The highest BCUT2D eigenvalue weighted by molar-refractivity contribution is 5.38. The van der Waals surface area contributed by atoms with Crippen LogP contribution in [0.1, 0.15) is 56.3 Å². The lowest BCUT2D eigenvalue weighted by atomic mass is 10.0. The normalized spacial score (nSPS) is 17.7. The molecule has 0 amide bonds. The van der Waals surface area contributed by atoms with E-state index in [-0.39, 0.29) is 0 Å². The van der Waals surface area contributed by atoms with Crippen LogP contribution >= 0.6 is 0 Å². The van der Waals surface area contributed by atoms with E-state index < -0.39 is 6.10 Å². The van der Waals surface area contributed by atoms with Crippen molar-refractivity contribution >= 4 is 0 Å². The van der Waals surface area contributed by atoms with E-state index in [1.54, 1.807) is 0 Å². The van der Waals surface area contributed by atoms with Gasteiger partial charge in [-0.05, 0) is 57.8 Å². The molecule has 21 heavy (non-hydrogen) atoms. The Labute approximate surface area is 128 Å². The molecule has 1 atom stereocenters. The van der Waals surface area contributed by atoms with Gasteiger partial charge in [0.2, 0.25) is 0 Å². The Morgan fingerprint density at radius 1 is 1.24 bits per heavy atom. The number of aryl methyl sites for hydroxylation is 1. The smallest absolute Gasteiger partial charge is 0.125 e. The third-order valence-electron chi connectivity index (χ3n) is 4.15. The molecule has 0 aromatic heterocycles. The van der Waals surface area contributed by atoms with E-state index in [4.69, 9.17) is 4.74 Å². The standard InChI is InChI=1S/C18H29NO2/c1-3-13-21-18-8-7-15(2)14-16(18)17(20)9-12-19-10-5-4-6-11-19/h7-8,14,17,20H,3-6,9-13H2,1-2H3. The molecule has 118 valence electrons. The van der Waals surface area contributed by atoms with Crippen LogP contribution in [0.15, 0.2) is 18.2 Å². The zero-order valence-corrected chi connectivity index (χ0v) is 13.5. The lowest BCUT2D eigenvalue weighted by Gasteiger charge is -2.27. The first-order valence-corrected chi connectivity index (χ1v) is 8.34. The summed E-state index contributed by atoms with van der Waals surface area (Å²) in [4.78, 5) is 2.47. The zero-order chi connectivity index (χ0) is 15.1. The number of aliphatic hydroxyl groups excluding tert-OH is 1. The second kappa shape index (κ2) is 8.40. The van der Waals surface area contributed by atoms with Crippen molar-refractivity contribution in [2.75, 3.05) is 26.2 Å². The molecule has 2 rings (SSSR count). The van der Waals surface area contributed by atoms with Crippen LogP contribution in [0.5, 0.6) is 5.75 Å². The Kier molecular flexibility index (Phi) is 6.52. The maximum absolute atomic E-state index is 10.5. The van der Waals surface area contributed by atoms with Gasteiger partial charge < -0.3 is 14.7 Å². The molecule has 1 aliphatic heterocycles. The van der Waals surface area contributed by atoms with Gasteiger partial charge in [-0.2, -0.15) is 0 Å². The van der Waals surface area contributed by atoms with Gasteiger partial charge >= 0.3 is 0 Å². The monoisotopic (exact) mass is 291 g/mol. The van der Waals surface area contributed by atoms with Gasteiger partial charge in [0.25, 0.3) is 0 Å². The molecule has 3 heteroatoms. The number of likely N-dealkylation sites (tertiary alicyclic amines) is 1. The molecule has 1 aliphatic rings. The van der Waals surface area contributed by atoms with Crippen molar-refractivity contribution in [1.29, 1.82) is 0 Å². The second-order valence-corrected chi connectivity index (χ2v) is 6.10. The fourth-order valence-corrected chi connectivity index (χ4v) is 2.92. The summed E-state index contributed by atoms with van der Waals surface area (Å²) in [6.07, 6.45) is 5.28. The fourth-order valence-electron chi connectivity index (χ4n) is 2.92. The highest BCUT2D eigenvalue weighted by atomic mass is 16.5. The number of hydrogen-bond donors (Lipinski definition) is 1. The molecular weight excluding hydrogens is 262 g/mol. The molecule has 0 saturated carbocycles. The van der Waals surface area contributed by atoms with Crippen molar-refractivity contribution in [3.05, 3.63) is 29.3 Å². The van der Waals surface area contributed by atoms with Gasteiger partial charge in [0.05, 0.1) is 12.7 Å². The molecule has 1 saturated heterocycles. The molecular formula is C18H29NO2. The van der Waals surface area contributed by atoms with Crippen molar-refractivity contribution in [1.82, 2.24) is 4.90 Å². The average molecular weight is 291 g/mol. The molecule has 1 N–H and O–H groups in total. The van der Waals surface area contributed by atoms with Crippen molar-refractivity contribution in [3.63, 3.8) is 0 Å². The molecule has 0 spiro atoms. The maximum atomic E-state index is 10.5. The van der Waals surface area contributed by atoms with E-state index in [1.807, 2.05) is 12.1 Å². The quantitative estimate of drug-likeness (QED) is 0.831. The van der Waals surface area contributed by atoms with Gasteiger partial charge in [-0.1, -0.05) is 25.0 Å². The lowest BCUT2D eigenvalue weighted by molar-refractivity contribution is 0.130. The Bertz CT molecular complexity index is 427. The van der Waals surface area contributed by atoms with E-state index in [0.29, 0.717) is 6.61 Å². The third-order valence-corrected chi connectivity index (χ3v) is 4.15. The van der Waals surface area contributed by atoms with Crippen molar-refractivity contribution in [3.8, 4) is 5.75 Å². The first kappa shape index (κ1) is 16.3. The molecule has 1 unspecified atom stereocenters. The van der Waals surface area contributed by atoms with Crippen molar-refractivity contribution in [2.24, 2.45) is 0 Å². The van der Waals surface area contributed by atoms with E-state index in [1.165, 1.54) is 37.9 Å². The van der Waals surface area contributed by atoms with Crippen LogP contribution < -0.4 is 4.74 Å². The van der Waals surface area contributed by atoms with E-state index >= 15 is 0 Å². The highest BCUT2D eigenvalue weighted by Crippen LogP contribution is 2.29. The van der Waals surface area contributed by atoms with Gasteiger partial charge in [-0.25, -0.2) is 0 Å². The summed E-state index contributed by atoms with van der Waals surface area (Å²) in [5.41, 5.74) is 2.12. The largest absolute Gasteiger partial charge is 0.493 e. The number of piperidine rings is 1. The summed E-state index contributed by atoms with van der Waals surface area (Å²) >= 11 is 0. The SMILES string of the molecule is CCCOc1ccc(C)cc1C(O)CCN1CCCCC1. The lowest BCUT2D eigenvalue weighted by Crippen LogP contribution is -2.31. The summed E-state index contributed by atoms with van der Waals surface area (Å²) in [6.45, 7) is 8.20. The second-order valence-electron chi connectivity index (χ2n) is 6.10. The molecule has 1 aromatic carbocycles. The van der Waals surface area contributed by atoms with Gasteiger partial charge in [0.1, 0.15) is 5.75 Å². The summed E-state index contributed by atoms with van der Waals surface area (Å²) < 4.78 is 5.78. The number of ether oxygens (including phenoxy) is 1. The van der Waals surface area contributed by atoms with E-state index in [0.717, 1.165) is 30.7 Å². The van der Waals surface area contributed by atoms with Gasteiger partial charge in [0, 0.05) is 12.1 Å². The van der Waals surface area contributed by atoms with Gasteiger partial charge in [-0.15, -0.1) is 0 Å². The first-order valence-electron chi connectivity index (χ1n) is 8.34. The van der Waals surface area contributed by atoms with Gasteiger partial charge in [-0.3, -0.25) is 0 Å². The van der Waals surface area contributed by atoms with Crippen LogP contribution in [0.2, 0.25) is 0 Å². The van der Waals surface area contributed by atoms with Crippen LogP contribution in [0.3, 0.4) is 0 Å². The van der Waals surface area contributed by atoms with Crippen LogP contribution in [-0.2, 0) is 0 Å². The summed E-state index contributed by atoms with van der Waals surface area (Å²) in [5, 5.41) is 10.5. The maximum Gasteiger partial charge on any atom is 0.125 e. The minimum atomic E-state index is -0.432. The van der Waals surface area contributed by atoms with E-state index in [2.05, 4.69) is 24.8 Å². The van der Waals surface area contributed by atoms with Crippen LogP contribution in [0, 0.1) is 6.92 Å². The molecule has 1 heterocycles. The molecule has 3 nitrogen and oxygen atoms in total. The molecule has 0 aliphatic carbocycles. The highest BCUT2D eigenvalue weighted by Gasteiger charge is 2.17. The molecule has 1 fully saturated rings. The Morgan fingerprint density at radius 3 is 2.71 bits per heavy atom. The number of benzene rings is 1. The Morgan fingerprint density at radius 2 is 2.00 bits per heavy atom. The topological polar surface area (TPSA) is 32.7 Å². The number of aliphatic hydroxyl groups is 1. The predicted octanol–water partition coefficient (Wildman–Crippen LogP) is 3.69. The van der Waals surface area contributed by atoms with Crippen molar-refractivity contribution in [2.45, 2.75) is 52.1 Å². The number of rotatable bonds is 7. The van der Waals surface area contributed by atoms with Crippen molar-refractivity contribution < 1.29 is 9.84 Å². The first-order chi connectivity index (χ1) is 10.2. The minimum absolute atomic E-state index is 0.432.